The molecular formula is C20H24N2O6. The molecule has 3 rings (SSSR count). The van der Waals surface area contributed by atoms with Gasteiger partial charge in [-0.05, 0) is 30.5 Å². The zero-order valence-corrected chi connectivity index (χ0v) is 16.3. The quantitative estimate of drug-likeness (QED) is 0.576. The molecule has 2 aliphatic heterocycles. The summed E-state index contributed by atoms with van der Waals surface area (Å²) in [5.41, 5.74) is -0.559. The van der Waals surface area contributed by atoms with Gasteiger partial charge in [-0.3, -0.25) is 24.6 Å². The fourth-order valence-corrected chi connectivity index (χ4v) is 4.52. The van der Waals surface area contributed by atoms with E-state index in [2.05, 4.69) is 10.1 Å². The lowest BCUT2D eigenvalue weighted by Crippen LogP contribution is -2.59. The topological polar surface area (TPSA) is 113 Å². The van der Waals surface area contributed by atoms with E-state index in [1.807, 2.05) is 0 Å². The minimum Gasteiger partial charge on any atom is -0.480 e. The number of amides is 2. The fraction of sp³-hybridized carbons (Fsp3) is 0.500. The number of ether oxygens (including phenoxy) is 1. The van der Waals surface area contributed by atoms with E-state index in [1.54, 1.807) is 45.0 Å². The van der Waals surface area contributed by atoms with Crippen molar-refractivity contribution in [3.63, 3.8) is 0 Å². The molecule has 2 amide bonds. The van der Waals surface area contributed by atoms with Gasteiger partial charge in [-0.15, -0.1) is 0 Å². The highest BCUT2D eigenvalue weighted by Crippen LogP contribution is 2.51. The van der Waals surface area contributed by atoms with Gasteiger partial charge in [0.1, 0.15) is 5.54 Å². The Balaban J connectivity index is 2.10. The van der Waals surface area contributed by atoms with Crippen molar-refractivity contribution in [3.8, 4) is 0 Å². The van der Waals surface area contributed by atoms with E-state index in [4.69, 9.17) is 0 Å². The second-order valence-electron chi connectivity index (χ2n) is 7.49. The van der Waals surface area contributed by atoms with E-state index >= 15 is 0 Å². The summed E-state index contributed by atoms with van der Waals surface area (Å²) in [6, 6.07) is 5.79. The molecule has 4 atom stereocenters. The van der Waals surface area contributed by atoms with Crippen molar-refractivity contribution < 1.29 is 29.0 Å². The maximum Gasteiger partial charge on any atom is 0.337 e. The largest absolute Gasteiger partial charge is 0.480 e. The maximum atomic E-state index is 13.0. The minimum absolute atomic E-state index is 0.201. The highest BCUT2D eigenvalue weighted by atomic mass is 16.5. The zero-order chi connectivity index (χ0) is 20.8. The Bertz CT molecular complexity index is 834. The number of benzene rings is 1. The van der Waals surface area contributed by atoms with Gasteiger partial charge in [0.25, 0.3) is 0 Å². The van der Waals surface area contributed by atoms with E-state index in [0.717, 1.165) is 4.90 Å². The van der Waals surface area contributed by atoms with Crippen molar-refractivity contribution in [1.82, 2.24) is 10.2 Å². The van der Waals surface area contributed by atoms with Gasteiger partial charge < -0.3 is 9.84 Å². The molecule has 0 aliphatic carbocycles. The monoisotopic (exact) mass is 388 g/mol. The van der Waals surface area contributed by atoms with Crippen molar-refractivity contribution in [2.24, 2.45) is 17.8 Å². The number of hydrogen-bond acceptors (Lipinski definition) is 6. The Labute approximate surface area is 162 Å². The number of rotatable bonds is 5. The molecule has 0 aromatic heterocycles. The first-order valence-corrected chi connectivity index (χ1v) is 9.25. The lowest BCUT2D eigenvalue weighted by Gasteiger charge is -2.34. The summed E-state index contributed by atoms with van der Waals surface area (Å²) in [6.45, 7) is 5.36. The first-order chi connectivity index (χ1) is 13.2. The molecule has 150 valence electrons. The third-order valence-electron chi connectivity index (χ3n) is 5.96. The van der Waals surface area contributed by atoms with Crippen LogP contribution in [0.3, 0.4) is 0 Å². The summed E-state index contributed by atoms with van der Waals surface area (Å²) < 4.78 is 4.69. The summed E-state index contributed by atoms with van der Waals surface area (Å²) in [5, 5.41) is 13.2. The molecule has 0 bridgehead atoms. The fourth-order valence-electron chi connectivity index (χ4n) is 4.52. The van der Waals surface area contributed by atoms with Crippen LogP contribution in [0.2, 0.25) is 0 Å². The van der Waals surface area contributed by atoms with Crippen LogP contribution in [0.15, 0.2) is 24.3 Å². The molecule has 1 aromatic carbocycles. The molecule has 0 saturated carbocycles. The van der Waals surface area contributed by atoms with Crippen LogP contribution in [-0.4, -0.2) is 53.0 Å². The molecule has 2 fully saturated rings. The van der Waals surface area contributed by atoms with Crippen LogP contribution >= 0.6 is 0 Å². The second-order valence-corrected chi connectivity index (χ2v) is 7.49. The average molecular weight is 388 g/mol. The lowest BCUT2D eigenvalue weighted by atomic mass is 9.73. The molecule has 4 unspecified atom stereocenters. The van der Waals surface area contributed by atoms with E-state index < -0.39 is 47.2 Å². The number of aliphatic carboxylic acids is 1. The normalized spacial score (nSPS) is 29.3. The van der Waals surface area contributed by atoms with Crippen molar-refractivity contribution in [3.05, 3.63) is 35.4 Å². The number of likely N-dealkylation sites (tertiary alicyclic amines) is 1. The summed E-state index contributed by atoms with van der Waals surface area (Å²) in [4.78, 5) is 51.0. The van der Waals surface area contributed by atoms with E-state index in [-0.39, 0.29) is 12.5 Å². The molecule has 2 saturated heterocycles. The standard InChI is InChI=1S/C20H24N2O6/c1-5-22-16(23)13-14(17(22)24)20(10(2)3,19(26)27)21-15(13)11-6-8-12(9-7-11)18(25)28-4/h6-10,13-15,21H,5H2,1-4H3,(H,26,27). The highest BCUT2D eigenvalue weighted by Gasteiger charge is 2.69. The van der Waals surface area contributed by atoms with Gasteiger partial charge in [0.2, 0.25) is 11.8 Å². The van der Waals surface area contributed by atoms with Crippen molar-refractivity contribution in [2.45, 2.75) is 32.4 Å². The number of carbonyl (C=O) groups excluding carboxylic acids is 3. The number of nitrogens with zero attached hydrogens (tertiary/aromatic N) is 1. The molecular weight excluding hydrogens is 364 g/mol. The Kier molecular flexibility index (Phi) is 5.01. The summed E-state index contributed by atoms with van der Waals surface area (Å²) in [5.74, 6) is -4.67. The molecule has 28 heavy (non-hydrogen) atoms. The zero-order valence-electron chi connectivity index (χ0n) is 16.3. The van der Waals surface area contributed by atoms with Crippen molar-refractivity contribution in [1.29, 1.82) is 0 Å². The summed E-state index contributed by atoms with van der Waals surface area (Å²) in [6.07, 6.45) is 0. The Hall–Kier alpha value is -2.74. The van der Waals surface area contributed by atoms with Crippen LogP contribution in [0.5, 0.6) is 0 Å². The van der Waals surface area contributed by atoms with Crippen molar-refractivity contribution >= 4 is 23.8 Å². The predicted molar refractivity (Wildman–Crippen MR) is 98.2 cm³/mol. The van der Waals surface area contributed by atoms with Gasteiger partial charge >= 0.3 is 11.9 Å². The predicted octanol–water partition coefficient (Wildman–Crippen LogP) is 1.22. The SMILES string of the molecule is CCN1C(=O)C2C(c3ccc(C(=O)OC)cc3)NC(C(=O)O)(C(C)C)C2C1=O. The number of carboxylic acids is 1. The number of carbonyl (C=O) groups is 4. The maximum absolute atomic E-state index is 13.0. The molecule has 8 nitrogen and oxygen atoms in total. The number of esters is 1. The Morgan fingerprint density at radius 2 is 1.82 bits per heavy atom. The average Bonchev–Trinajstić information content (AvgIpc) is 3.16. The third kappa shape index (κ3) is 2.63. The van der Waals surface area contributed by atoms with Crippen LogP contribution in [0.1, 0.15) is 42.7 Å². The lowest BCUT2D eigenvalue weighted by molar-refractivity contribution is -0.153. The van der Waals surface area contributed by atoms with Crippen molar-refractivity contribution in [2.75, 3.05) is 13.7 Å². The molecule has 1 aromatic rings. The van der Waals surface area contributed by atoms with Crippen LogP contribution in [-0.2, 0) is 19.1 Å². The third-order valence-corrected chi connectivity index (χ3v) is 5.96. The van der Waals surface area contributed by atoms with E-state index in [0.29, 0.717) is 11.1 Å². The van der Waals surface area contributed by atoms with E-state index in [9.17, 15) is 24.3 Å². The first-order valence-electron chi connectivity index (χ1n) is 9.25. The minimum atomic E-state index is -1.55. The van der Waals surface area contributed by atoms with Gasteiger partial charge in [-0.1, -0.05) is 26.0 Å². The van der Waals surface area contributed by atoms with Gasteiger partial charge in [0, 0.05) is 12.6 Å². The molecule has 8 heteroatoms. The van der Waals surface area contributed by atoms with Gasteiger partial charge in [0.15, 0.2) is 0 Å². The van der Waals surface area contributed by atoms with Gasteiger partial charge in [0.05, 0.1) is 24.5 Å². The number of carboxylic acid groups (broad SMARTS) is 1. The second kappa shape index (κ2) is 7.01. The van der Waals surface area contributed by atoms with Crippen LogP contribution in [0, 0.1) is 17.8 Å². The molecule has 2 N–H and O–H groups in total. The summed E-state index contributed by atoms with van der Waals surface area (Å²) in [7, 11) is 1.28. The molecule has 2 heterocycles. The number of nitrogens with one attached hydrogen (secondary N) is 1. The number of imide groups is 1. The van der Waals surface area contributed by atoms with Gasteiger partial charge in [-0.25, -0.2) is 4.79 Å². The molecule has 2 aliphatic rings. The number of methoxy groups -OCH3 is 1. The molecule has 0 radical (unpaired) electrons. The number of fused-ring (bicyclic) bond motifs is 1. The summed E-state index contributed by atoms with van der Waals surface area (Å²) >= 11 is 0. The highest BCUT2D eigenvalue weighted by molar-refractivity contribution is 6.09. The van der Waals surface area contributed by atoms with Crippen LogP contribution in [0.25, 0.3) is 0 Å². The molecule has 0 spiro atoms. The van der Waals surface area contributed by atoms with Crippen LogP contribution in [0.4, 0.5) is 0 Å². The first kappa shape index (κ1) is 20.0. The Morgan fingerprint density at radius 1 is 1.21 bits per heavy atom. The Morgan fingerprint density at radius 3 is 2.29 bits per heavy atom. The smallest absolute Gasteiger partial charge is 0.337 e. The van der Waals surface area contributed by atoms with E-state index in [1.165, 1.54) is 7.11 Å². The number of hydrogen-bond donors (Lipinski definition) is 2. The van der Waals surface area contributed by atoms with Crippen LogP contribution < -0.4 is 5.32 Å². The van der Waals surface area contributed by atoms with Gasteiger partial charge in [-0.2, -0.15) is 0 Å².